The number of nitrogens with one attached hydrogen (secondary N) is 1. The highest BCUT2D eigenvalue weighted by molar-refractivity contribution is 5.85. The Morgan fingerprint density at radius 3 is 2.52 bits per heavy atom. The van der Waals surface area contributed by atoms with E-state index in [2.05, 4.69) is 52.8 Å². The highest BCUT2D eigenvalue weighted by Gasteiger charge is 2.18. The Kier molecular flexibility index (Phi) is 3.37. The van der Waals surface area contributed by atoms with Crippen LogP contribution in [0.3, 0.4) is 0 Å². The van der Waals surface area contributed by atoms with Gasteiger partial charge in [0.2, 0.25) is 0 Å². The summed E-state index contributed by atoms with van der Waals surface area (Å²) < 4.78 is 2.11. The van der Waals surface area contributed by atoms with Gasteiger partial charge in [-0.2, -0.15) is 0 Å². The average molecular weight is 280 g/mol. The quantitative estimate of drug-likeness (QED) is 0.793. The van der Waals surface area contributed by atoms with Gasteiger partial charge < -0.3 is 9.88 Å². The van der Waals surface area contributed by atoms with Crippen LogP contribution in [0.25, 0.3) is 11.2 Å². The molecular weight excluding hydrogens is 260 g/mol. The van der Waals surface area contributed by atoms with E-state index >= 15 is 0 Å². The van der Waals surface area contributed by atoms with Crippen molar-refractivity contribution < 1.29 is 0 Å². The van der Waals surface area contributed by atoms with Gasteiger partial charge in [0.25, 0.3) is 0 Å². The average Bonchev–Trinajstić information content (AvgIpc) is 2.90. The number of aromatic nitrogens is 3. The molecular formula is C17H20N4. The van der Waals surface area contributed by atoms with Crippen molar-refractivity contribution in [2.75, 3.05) is 5.32 Å². The molecule has 2 heterocycles. The molecule has 1 aromatic carbocycles. The van der Waals surface area contributed by atoms with Crippen LogP contribution in [-0.4, -0.2) is 14.5 Å². The maximum absolute atomic E-state index is 4.54. The van der Waals surface area contributed by atoms with Crippen LogP contribution in [0.4, 0.5) is 5.69 Å². The van der Waals surface area contributed by atoms with Crippen LogP contribution in [0, 0.1) is 0 Å². The highest BCUT2D eigenvalue weighted by atomic mass is 15.1. The Morgan fingerprint density at radius 1 is 1.05 bits per heavy atom. The second-order valence-corrected chi connectivity index (χ2v) is 6.16. The number of hydrogen-bond acceptors (Lipinski definition) is 3. The Hall–Kier alpha value is -2.36. The predicted octanol–water partition coefficient (Wildman–Crippen LogP) is 3.80. The molecule has 21 heavy (non-hydrogen) atoms. The summed E-state index contributed by atoms with van der Waals surface area (Å²) in [5.74, 6) is 0. The third-order valence-corrected chi connectivity index (χ3v) is 3.48. The third kappa shape index (κ3) is 2.75. The van der Waals surface area contributed by atoms with Gasteiger partial charge in [0.15, 0.2) is 5.65 Å². The van der Waals surface area contributed by atoms with Gasteiger partial charge in [-0.25, -0.2) is 9.97 Å². The van der Waals surface area contributed by atoms with Gasteiger partial charge >= 0.3 is 0 Å². The number of benzene rings is 1. The van der Waals surface area contributed by atoms with Crippen molar-refractivity contribution in [2.24, 2.45) is 0 Å². The third-order valence-electron chi connectivity index (χ3n) is 3.48. The van der Waals surface area contributed by atoms with E-state index in [0.717, 1.165) is 23.4 Å². The first-order chi connectivity index (χ1) is 10.1. The van der Waals surface area contributed by atoms with Gasteiger partial charge in [-0.05, 0) is 32.4 Å². The molecule has 0 spiro atoms. The normalized spacial score (nSPS) is 11.8. The standard InChI is InChI=1S/C17H20N4/c1-17(2,3)21-12-20-15-14(9-10-18-16(15)21)19-11-13-7-5-4-6-8-13/h4-10,12H,11H2,1-3H3,(H,18,19). The molecule has 0 saturated heterocycles. The zero-order valence-corrected chi connectivity index (χ0v) is 12.7. The molecule has 0 aliphatic carbocycles. The smallest absolute Gasteiger partial charge is 0.162 e. The van der Waals surface area contributed by atoms with E-state index < -0.39 is 0 Å². The van der Waals surface area contributed by atoms with Gasteiger partial charge in [0.1, 0.15) is 5.52 Å². The minimum absolute atomic E-state index is 0.0280. The SMILES string of the molecule is CC(C)(C)n1cnc2c(NCc3ccccc3)ccnc21. The van der Waals surface area contributed by atoms with Crippen LogP contribution >= 0.6 is 0 Å². The molecule has 108 valence electrons. The first-order valence-electron chi connectivity index (χ1n) is 7.16. The van der Waals surface area contributed by atoms with E-state index in [9.17, 15) is 0 Å². The number of anilines is 1. The summed E-state index contributed by atoms with van der Waals surface area (Å²) >= 11 is 0. The van der Waals surface area contributed by atoms with E-state index in [0.29, 0.717) is 0 Å². The van der Waals surface area contributed by atoms with Gasteiger partial charge in [-0.1, -0.05) is 30.3 Å². The minimum Gasteiger partial charge on any atom is -0.379 e. The first kappa shape index (κ1) is 13.6. The van der Waals surface area contributed by atoms with Crippen molar-refractivity contribution in [3.8, 4) is 0 Å². The second-order valence-electron chi connectivity index (χ2n) is 6.16. The maximum atomic E-state index is 4.54. The number of imidazole rings is 1. The lowest BCUT2D eigenvalue weighted by Gasteiger charge is -2.20. The summed E-state index contributed by atoms with van der Waals surface area (Å²) in [6.07, 6.45) is 3.70. The second kappa shape index (κ2) is 5.20. The molecule has 0 amide bonds. The van der Waals surface area contributed by atoms with Gasteiger partial charge in [-0.3, -0.25) is 0 Å². The molecule has 4 heteroatoms. The molecule has 3 aromatic rings. The topological polar surface area (TPSA) is 42.7 Å². The fourth-order valence-electron chi connectivity index (χ4n) is 2.34. The van der Waals surface area contributed by atoms with Crippen molar-refractivity contribution in [1.82, 2.24) is 14.5 Å². The summed E-state index contributed by atoms with van der Waals surface area (Å²) in [5.41, 5.74) is 4.08. The lowest BCUT2D eigenvalue weighted by atomic mass is 10.1. The first-order valence-corrected chi connectivity index (χ1v) is 7.16. The van der Waals surface area contributed by atoms with Crippen molar-refractivity contribution in [1.29, 1.82) is 0 Å². The number of rotatable bonds is 3. The van der Waals surface area contributed by atoms with E-state index in [-0.39, 0.29) is 5.54 Å². The van der Waals surface area contributed by atoms with Crippen molar-refractivity contribution in [3.05, 3.63) is 54.5 Å². The van der Waals surface area contributed by atoms with Gasteiger partial charge in [0.05, 0.1) is 12.0 Å². The van der Waals surface area contributed by atoms with Crippen LogP contribution in [-0.2, 0) is 12.1 Å². The van der Waals surface area contributed by atoms with Crippen molar-refractivity contribution >= 4 is 16.9 Å². The molecule has 0 aliphatic rings. The van der Waals surface area contributed by atoms with E-state index in [1.807, 2.05) is 36.8 Å². The summed E-state index contributed by atoms with van der Waals surface area (Å²) in [6, 6.07) is 12.3. The number of fused-ring (bicyclic) bond motifs is 1. The molecule has 0 bridgehead atoms. The van der Waals surface area contributed by atoms with E-state index in [1.54, 1.807) is 0 Å². The van der Waals surface area contributed by atoms with Crippen LogP contribution in [0.15, 0.2) is 48.9 Å². The Morgan fingerprint density at radius 2 is 1.81 bits per heavy atom. The van der Waals surface area contributed by atoms with Gasteiger partial charge in [-0.15, -0.1) is 0 Å². The maximum Gasteiger partial charge on any atom is 0.162 e. The summed E-state index contributed by atoms with van der Waals surface area (Å²) in [5, 5.41) is 3.45. The largest absolute Gasteiger partial charge is 0.379 e. The monoisotopic (exact) mass is 280 g/mol. The Balaban J connectivity index is 1.91. The van der Waals surface area contributed by atoms with Crippen LogP contribution in [0.2, 0.25) is 0 Å². The zero-order valence-electron chi connectivity index (χ0n) is 12.7. The number of pyridine rings is 1. The zero-order chi connectivity index (χ0) is 14.9. The van der Waals surface area contributed by atoms with Crippen molar-refractivity contribution in [3.63, 3.8) is 0 Å². The lowest BCUT2D eigenvalue weighted by Crippen LogP contribution is -2.20. The fraction of sp³-hybridized carbons (Fsp3) is 0.294. The van der Waals surface area contributed by atoms with Crippen LogP contribution < -0.4 is 5.32 Å². The Labute approximate surface area is 124 Å². The van der Waals surface area contributed by atoms with Crippen LogP contribution in [0.1, 0.15) is 26.3 Å². The summed E-state index contributed by atoms with van der Waals surface area (Å²) in [6.45, 7) is 7.24. The minimum atomic E-state index is -0.0280. The molecule has 0 fully saturated rings. The molecule has 0 radical (unpaired) electrons. The number of nitrogens with zero attached hydrogens (tertiary/aromatic N) is 3. The molecule has 0 saturated carbocycles. The summed E-state index contributed by atoms with van der Waals surface area (Å²) in [4.78, 5) is 9.02. The molecule has 3 rings (SSSR count). The van der Waals surface area contributed by atoms with Crippen molar-refractivity contribution in [2.45, 2.75) is 32.9 Å². The lowest BCUT2D eigenvalue weighted by molar-refractivity contribution is 0.406. The molecule has 4 nitrogen and oxygen atoms in total. The molecule has 0 aliphatic heterocycles. The predicted molar refractivity (Wildman–Crippen MR) is 86.3 cm³/mol. The van der Waals surface area contributed by atoms with E-state index in [4.69, 9.17) is 0 Å². The molecule has 0 unspecified atom stereocenters. The molecule has 0 atom stereocenters. The van der Waals surface area contributed by atoms with Gasteiger partial charge in [0, 0.05) is 18.3 Å². The van der Waals surface area contributed by atoms with E-state index in [1.165, 1.54) is 5.56 Å². The summed E-state index contributed by atoms with van der Waals surface area (Å²) in [7, 11) is 0. The molecule has 2 aromatic heterocycles. The highest BCUT2D eigenvalue weighted by Crippen LogP contribution is 2.25. The number of hydrogen-bond donors (Lipinski definition) is 1. The Bertz CT molecular complexity index is 738. The fourth-order valence-corrected chi connectivity index (χ4v) is 2.34. The molecule has 1 N–H and O–H groups in total. The van der Waals surface area contributed by atoms with Crippen LogP contribution in [0.5, 0.6) is 0 Å².